The number of nitrogens with one attached hydrogen (secondary N) is 2. The van der Waals surface area contributed by atoms with Crippen molar-refractivity contribution < 1.29 is 9.53 Å². The van der Waals surface area contributed by atoms with Crippen molar-refractivity contribution in [2.24, 2.45) is 0 Å². The molecule has 1 aliphatic heterocycles. The Morgan fingerprint density at radius 1 is 1.33 bits per heavy atom. The van der Waals surface area contributed by atoms with Crippen LogP contribution in [0, 0.1) is 0 Å². The molecule has 2 N–H and O–H groups in total. The number of amides is 1. The van der Waals surface area contributed by atoms with Crippen molar-refractivity contribution in [3.63, 3.8) is 0 Å². The van der Waals surface area contributed by atoms with Crippen LogP contribution in [0.25, 0.3) is 0 Å². The minimum atomic E-state index is -0.241. The highest BCUT2D eigenvalue weighted by molar-refractivity contribution is 5.82. The smallest absolute Gasteiger partial charge is 0.240 e. The molecule has 0 spiro atoms. The molecule has 1 fully saturated rings. The van der Waals surface area contributed by atoms with Gasteiger partial charge >= 0.3 is 0 Å². The Morgan fingerprint density at radius 2 is 2.00 bits per heavy atom. The summed E-state index contributed by atoms with van der Waals surface area (Å²) in [6.07, 6.45) is 0. The molecule has 116 valence electrons. The van der Waals surface area contributed by atoms with Gasteiger partial charge in [0.25, 0.3) is 0 Å². The van der Waals surface area contributed by atoms with Crippen LogP contribution in [0.3, 0.4) is 0 Å². The van der Waals surface area contributed by atoms with Crippen molar-refractivity contribution in [2.75, 3.05) is 19.8 Å². The molecule has 0 aromatic heterocycles. The van der Waals surface area contributed by atoms with Gasteiger partial charge in [-0.2, -0.15) is 0 Å². The molecule has 4 heteroatoms. The van der Waals surface area contributed by atoms with Crippen LogP contribution in [0.1, 0.15) is 44.9 Å². The highest BCUT2D eigenvalue weighted by atomic mass is 16.5. The summed E-state index contributed by atoms with van der Waals surface area (Å²) in [6.45, 7) is 10.4. The summed E-state index contributed by atoms with van der Waals surface area (Å²) in [5, 5.41) is 6.21. The Kier molecular flexibility index (Phi) is 5.01. The molecule has 0 saturated carbocycles. The maximum absolute atomic E-state index is 12.2. The molecule has 0 bridgehead atoms. The van der Waals surface area contributed by atoms with E-state index in [2.05, 4.69) is 55.7 Å². The van der Waals surface area contributed by atoms with E-state index in [-0.39, 0.29) is 23.4 Å². The second-order valence-electron chi connectivity index (χ2n) is 6.68. The molecule has 21 heavy (non-hydrogen) atoms. The zero-order valence-electron chi connectivity index (χ0n) is 13.4. The van der Waals surface area contributed by atoms with Gasteiger partial charge < -0.3 is 15.4 Å². The van der Waals surface area contributed by atoms with E-state index < -0.39 is 0 Å². The normalized spacial score (nSPS) is 20.9. The molecule has 0 aliphatic carbocycles. The van der Waals surface area contributed by atoms with Crippen molar-refractivity contribution in [3.8, 4) is 0 Å². The molecule has 1 saturated heterocycles. The lowest BCUT2D eigenvalue weighted by Gasteiger charge is -2.25. The molecule has 1 aromatic carbocycles. The van der Waals surface area contributed by atoms with Gasteiger partial charge in [0, 0.05) is 6.54 Å². The summed E-state index contributed by atoms with van der Waals surface area (Å²) < 4.78 is 5.32. The summed E-state index contributed by atoms with van der Waals surface area (Å²) in [4.78, 5) is 12.2. The lowest BCUT2D eigenvalue weighted by molar-refractivity contribution is -0.126. The number of hydrogen-bond acceptors (Lipinski definition) is 3. The molecule has 2 atom stereocenters. The van der Waals surface area contributed by atoms with Crippen molar-refractivity contribution in [1.29, 1.82) is 0 Å². The van der Waals surface area contributed by atoms with E-state index in [9.17, 15) is 4.79 Å². The Bertz CT molecular complexity index is 471. The first-order chi connectivity index (χ1) is 9.88. The van der Waals surface area contributed by atoms with Gasteiger partial charge in [-0.1, -0.05) is 45.0 Å². The number of rotatable bonds is 3. The monoisotopic (exact) mass is 290 g/mol. The second kappa shape index (κ2) is 6.58. The van der Waals surface area contributed by atoms with Gasteiger partial charge in [-0.05, 0) is 23.5 Å². The highest BCUT2D eigenvalue weighted by Crippen LogP contribution is 2.23. The Hall–Kier alpha value is -1.39. The number of benzene rings is 1. The standard InChI is InChI=1S/C17H26N2O2/c1-12(19-16(20)15-11-21-10-9-18-15)13-5-7-14(8-6-13)17(2,3)4/h5-8,12,15,18H,9-11H2,1-4H3,(H,19,20)/t12-,15-/m1/s1. The Balaban J connectivity index is 1.96. The van der Waals surface area contributed by atoms with Gasteiger partial charge in [0.05, 0.1) is 19.3 Å². The number of carbonyl (C=O) groups is 1. The zero-order valence-corrected chi connectivity index (χ0v) is 13.4. The van der Waals surface area contributed by atoms with Gasteiger partial charge in [0.1, 0.15) is 6.04 Å². The summed E-state index contributed by atoms with van der Waals surface area (Å²) in [5.41, 5.74) is 2.56. The van der Waals surface area contributed by atoms with E-state index in [1.807, 2.05) is 6.92 Å². The molecule has 0 radical (unpaired) electrons. The van der Waals surface area contributed by atoms with Gasteiger partial charge in [-0.15, -0.1) is 0 Å². The molecule has 1 aliphatic rings. The highest BCUT2D eigenvalue weighted by Gasteiger charge is 2.22. The van der Waals surface area contributed by atoms with Crippen LogP contribution in [0.2, 0.25) is 0 Å². The summed E-state index contributed by atoms with van der Waals surface area (Å²) >= 11 is 0. The SMILES string of the molecule is C[C@@H](NC(=O)[C@H]1COCCN1)c1ccc(C(C)(C)C)cc1. The van der Waals surface area contributed by atoms with E-state index in [0.717, 1.165) is 12.1 Å². The van der Waals surface area contributed by atoms with Gasteiger partial charge in [0.15, 0.2) is 0 Å². The molecule has 2 rings (SSSR count). The van der Waals surface area contributed by atoms with Crippen molar-refractivity contribution in [3.05, 3.63) is 35.4 Å². The van der Waals surface area contributed by atoms with E-state index in [1.165, 1.54) is 5.56 Å². The molecule has 1 heterocycles. The minimum Gasteiger partial charge on any atom is -0.378 e. The van der Waals surface area contributed by atoms with Crippen LogP contribution in [-0.4, -0.2) is 31.7 Å². The lowest BCUT2D eigenvalue weighted by atomic mass is 9.86. The van der Waals surface area contributed by atoms with E-state index in [1.54, 1.807) is 0 Å². The third kappa shape index (κ3) is 4.29. The van der Waals surface area contributed by atoms with Gasteiger partial charge in [-0.3, -0.25) is 4.79 Å². The first-order valence-electron chi connectivity index (χ1n) is 7.60. The van der Waals surface area contributed by atoms with E-state index >= 15 is 0 Å². The first-order valence-corrected chi connectivity index (χ1v) is 7.60. The average Bonchev–Trinajstić information content (AvgIpc) is 2.47. The molecular weight excluding hydrogens is 264 g/mol. The maximum Gasteiger partial charge on any atom is 0.240 e. The van der Waals surface area contributed by atoms with Crippen molar-refractivity contribution in [2.45, 2.75) is 45.2 Å². The van der Waals surface area contributed by atoms with Crippen LogP contribution in [0.15, 0.2) is 24.3 Å². The number of morpholine rings is 1. The predicted molar refractivity (Wildman–Crippen MR) is 84.3 cm³/mol. The largest absolute Gasteiger partial charge is 0.378 e. The number of ether oxygens (including phenoxy) is 1. The number of carbonyl (C=O) groups excluding carboxylic acids is 1. The average molecular weight is 290 g/mol. The van der Waals surface area contributed by atoms with Gasteiger partial charge in [0.2, 0.25) is 5.91 Å². The molecule has 4 nitrogen and oxygen atoms in total. The minimum absolute atomic E-state index is 0.00194. The zero-order chi connectivity index (χ0) is 15.5. The molecule has 1 amide bonds. The topological polar surface area (TPSA) is 50.4 Å². The van der Waals surface area contributed by atoms with Crippen LogP contribution in [-0.2, 0) is 14.9 Å². The van der Waals surface area contributed by atoms with E-state index in [0.29, 0.717) is 13.2 Å². The fourth-order valence-corrected chi connectivity index (χ4v) is 2.40. The summed E-state index contributed by atoms with van der Waals surface area (Å²) in [6, 6.07) is 8.22. The first kappa shape index (κ1) is 16.0. The quantitative estimate of drug-likeness (QED) is 0.897. The number of hydrogen-bond donors (Lipinski definition) is 2. The van der Waals surface area contributed by atoms with Crippen LogP contribution in [0.4, 0.5) is 0 Å². The second-order valence-corrected chi connectivity index (χ2v) is 6.68. The molecular formula is C17H26N2O2. The fourth-order valence-electron chi connectivity index (χ4n) is 2.40. The Morgan fingerprint density at radius 3 is 2.52 bits per heavy atom. The van der Waals surface area contributed by atoms with Gasteiger partial charge in [-0.25, -0.2) is 0 Å². The van der Waals surface area contributed by atoms with Crippen LogP contribution >= 0.6 is 0 Å². The molecule has 0 unspecified atom stereocenters. The van der Waals surface area contributed by atoms with Crippen LogP contribution < -0.4 is 10.6 Å². The summed E-state index contributed by atoms with van der Waals surface area (Å²) in [5.74, 6) is 0.00194. The van der Waals surface area contributed by atoms with E-state index in [4.69, 9.17) is 4.74 Å². The third-order valence-electron chi connectivity index (χ3n) is 3.87. The Labute approximate surface area is 127 Å². The van der Waals surface area contributed by atoms with Crippen molar-refractivity contribution in [1.82, 2.24) is 10.6 Å². The lowest BCUT2D eigenvalue weighted by Crippen LogP contribution is -2.51. The summed E-state index contributed by atoms with van der Waals surface area (Å²) in [7, 11) is 0. The van der Waals surface area contributed by atoms with Crippen LogP contribution in [0.5, 0.6) is 0 Å². The van der Waals surface area contributed by atoms with Crippen molar-refractivity contribution >= 4 is 5.91 Å². The predicted octanol–water partition coefficient (Wildman–Crippen LogP) is 2.15. The molecule has 1 aromatic rings. The fraction of sp³-hybridized carbons (Fsp3) is 0.588. The maximum atomic E-state index is 12.2. The third-order valence-corrected chi connectivity index (χ3v) is 3.87.